The molecule has 0 unspecified atom stereocenters. The van der Waals surface area contributed by atoms with Crippen molar-refractivity contribution in [3.8, 4) is 0 Å². The molecule has 0 aliphatic carbocycles. The molecule has 18 heavy (non-hydrogen) atoms. The monoisotopic (exact) mass is 239 g/mol. The Bertz CT molecular complexity index is 517. The Morgan fingerprint density at radius 2 is 1.67 bits per heavy atom. The lowest BCUT2D eigenvalue weighted by molar-refractivity contribution is -0.119. The van der Waals surface area contributed by atoms with Crippen LogP contribution in [0.4, 0.5) is 0 Å². The van der Waals surface area contributed by atoms with E-state index in [4.69, 9.17) is 5.73 Å². The first kappa shape index (κ1) is 12.5. The predicted molar refractivity (Wildman–Crippen MR) is 73.3 cm³/mol. The largest absolute Gasteiger partial charge is 0.318 e. The third-order valence-corrected chi connectivity index (χ3v) is 3.00. The molecule has 0 heterocycles. The summed E-state index contributed by atoms with van der Waals surface area (Å²) in [6, 6.07) is 16.9. The van der Waals surface area contributed by atoms with E-state index < -0.39 is 6.04 Å². The molecule has 0 fully saturated rings. The Kier molecular flexibility index (Phi) is 3.90. The maximum atomic E-state index is 12.1. The van der Waals surface area contributed by atoms with Crippen molar-refractivity contribution in [3.63, 3.8) is 0 Å². The Balaban J connectivity index is 2.06. The molecule has 0 bridgehead atoms. The first-order valence-electron chi connectivity index (χ1n) is 6.05. The number of carbonyl (C=O) groups excluding carboxylic acids is 1. The highest BCUT2D eigenvalue weighted by molar-refractivity contribution is 5.87. The van der Waals surface area contributed by atoms with Gasteiger partial charge in [-0.2, -0.15) is 0 Å². The first-order valence-corrected chi connectivity index (χ1v) is 6.05. The van der Waals surface area contributed by atoms with Gasteiger partial charge in [0.25, 0.3) is 0 Å². The van der Waals surface area contributed by atoms with Gasteiger partial charge in [0.1, 0.15) is 0 Å². The Hall–Kier alpha value is -1.93. The Morgan fingerprint density at radius 1 is 1.06 bits per heavy atom. The zero-order chi connectivity index (χ0) is 13.0. The van der Waals surface area contributed by atoms with Crippen molar-refractivity contribution in [2.24, 2.45) is 5.73 Å². The lowest BCUT2D eigenvalue weighted by Gasteiger charge is -2.11. The third-order valence-electron chi connectivity index (χ3n) is 3.00. The highest BCUT2D eigenvalue weighted by atomic mass is 16.1. The van der Waals surface area contributed by atoms with Gasteiger partial charge >= 0.3 is 0 Å². The molecular formula is C16H17NO. The topological polar surface area (TPSA) is 43.1 Å². The zero-order valence-electron chi connectivity index (χ0n) is 10.5. The number of ketones is 1. The number of nitrogens with two attached hydrogens (primary N) is 1. The number of hydrogen-bond donors (Lipinski definition) is 1. The first-order chi connectivity index (χ1) is 8.66. The molecule has 2 rings (SSSR count). The summed E-state index contributed by atoms with van der Waals surface area (Å²) < 4.78 is 0. The zero-order valence-corrected chi connectivity index (χ0v) is 10.5. The molecule has 92 valence electrons. The maximum Gasteiger partial charge on any atom is 0.158 e. The van der Waals surface area contributed by atoms with E-state index in [-0.39, 0.29) is 5.78 Å². The highest BCUT2D eigenvalue weighted by Gasteiger charge is 2.15. The van der Waals surface area contributed by atoms with Crippen molar-refractivity contribution in [2.75, 3.05) is 0 Å². The van der Waals surface area contributed by atoms with Crippen molar-refractivity contribution < 1.29 is 4.79 Å². The summed E-state index contributed by atoms with van der Waals surface area (Å²) in [4.78, 5) is 12.1. The molecule has 2 aromatic carbocycles. The standard InChI is InChI=1S/C16H17NO/c1-12-7-9-13(10-8-12)11-15(18)16(17)14-5-3-2-4-6-14/h2-10,16H,11,17H2,1H3/t16-/m1/s1. The van der Waals surface area contributed by atoms with Crippen molar-refractivity contribution in [1.29, 1.82) is 0 Å². The van der Waals surface area contributed by atoms with Gasteiger partial charge in [-0.25, -0.2) is 0 Å². The van der Waals surface area contributed by atoms with Gasteiger partial charge in [0, 0.05) is 6.42 Å². The SMILES string of the molecule is Cc1ccc(CC(=O)[C@H](N)c2ccccc2)cc1. The van der Waals surface area contributed by atoms with E-state index in [1.165, 1.54) is 5.56 Å². The summed E-state index contributed by atoms with van der Waals surface area (Å²) in [5.41, 5.74) is 9.04. The van der Waals surface area contributed by atoms with Crippen LogP contribution in [-0.2, 0) is 11.2 Å². The quantitative estimate of drug-likeness (QED) is 0.891. The molecule has 0 aliphatic heterocycles. The van der Waals surface area contributed by atoms with E-state index in [1.807, 2.05) is 61.5 Å². The fourth-order valence-corrected chi connectivity index (χ4v) is 1.86. The molecule has 0 amide bonds. The second-order valence-corrected chi connectivity index (χ2v) is 4.52. The number of rotatable bonds is 4. The van der Waals surface area contributed by atoms with E-state index in [2.05, 4.69) is 0 Å². The van der Waals surface area contributed by atoms with E-state index in [9.17, 15) is 4.79 Å². The van der Waals surface area contributed by atoms with Gasteiger partial charge in [0.15, 0.2) is 5.78 Å². The third kappa shape index (κ3) is 3.05. The van der Waals surface area contributed by atoms with Crippen LogP contribution >= 0.6 is 0 Å². The molecule has 2 heteroatoms. The van der Waals surface area contributed by atoms with Crippen LogP contribution in [-0.4, -0.2) is 5.78 Å². The van der Waals surface area contributed by atoms with Gasteiger partial charge < -0.3 is 5.73 Å². The molecule has 1 atom stereocenters. The molecule has 2 nitrogen and oxygen atoms in total. The van der Waals surface area contributed by atoms with Crippen LogP contribution in [0.5, 0.6) is 0 Å². The smallest absolute Gasteiger partial charge is 0.158 e. The molecule has 0 radical (unpaired) electrons. The van der Waals surface area contributed by atoms with E-state index in [0.29, 0.717) is 6.42 Å². The minimum atomic E-state index is -0.535. The maximum absolute atomic E-state index is 12.1. The second-order valence-electron chi connectivity index (χ2n) is 4.52. The number of aryl methyl sites for hydroxylation is 1. The second kappa shape index (κ2) is 5.61. The Labute approximate surface area is 107 Å². The number of Topliss-reactive ketones (excluding diaryl/α,β-unsaturated/α-hetero) is 1. The van der Waals surface area contributed by atoms with E-state index in [1.54, 1.807) is 0 Å². The predicted octanol–water partition coefficient (Wildman–Crippen LogP) is 2.81. The summed E-state index contributed by atoms with van der Waals surface area (Å²) in [7, 11) is 0. The lowest BCUT2D eigenvalue weighted by Crippen LogP contribution is -2.23. The molecular weight excluding hydrogens is 222 g/mol. The molecule has 0 saturated heterocycles. The molecule has 2 aromatic rings. The summed E-state index contributed by atoms with van der Waals surface area (Å²) >= 11 is 0. The fraction of sp³-hybridized carbons (Fsp3) is 0.188. The van der Waals surface area contributed by atoms with E-state index in [0.717, 1.165) is 11.1 Å². The molecule has 0 saturated carbocycles. The van der Waals surface area contributed by atoms with Crippen LogP contribution in [0.3, 0.4) is 0 Å². The molecule has 0 aliphatic rings. The minimum Gasteiger partial charge on any atom is -0.318 e. The van der Waals surface area contributed by atoms with Crippen LogP contribution in [0.15, 0.2) is 54.6 Å². The van der Waals surface area contributed by atoms with E-state index >= 15 is 0 Å². The minimum absolute atomic E-state index is 0.0463. The van der Waals surface area contributed by atoms with Gasteiger partial charge in [-0.3, -0.25) is 4.79 Å². The van der Waals surface area contributed by atoms with Crippen molar-refractivity contribution in [2.45, 2.75) is 19.4 Å². The van der Waals surface area contributed by atoms with Crippen LogP contribution < -0.4 is 5.73 Å². The van der Waals surface area contributed by atoms with Crippen molar-refractivity contribution in [1.82, 2.24) is 0 Å². The van der Waals surface area contributed by atoms with Crippen LogP contribution in [0, 0.1) is 6.92 Å². The number of benzene rings is 2. The van der Waals surface area contributed by atoms with Crippen molar-refractivity contribution >= 4 is 5.78 Å². The fourth-order valence-electron chi connectivity index (χ4n) is 1.86. The van der Waals surface area contributed by atoms with Crippen LogP contribution in [0.2, 0.25) is 0 Å². The summed E-state index contributed by atoms with van der Waals surface area (Å²) in [6.07, 6.45) is 0.385. The molecule has 0 aromatic heterocycles. The average molecular weight is 239 g/mol. The average Bonchev–Trinajstić information content (AvgIpc) is 2.41. The van der Waals surface area contributed by atoms with Crippen LogP contribution in [0.25, 0.3) is 0 Å². The van der Waals surface area contributed by atoms with Gasteiger partial charge in [-0.1, -0.05) is 60.2 Å². The summed E-state index contributed by atoms with van der Waals surface area (Å²) in [5, 5.41) is 0. The summed E-state index contributed by atoms with van der Waals surface area (Å²) in [5.74, 6) is 0.0463. The molecule has 0 spiro atoms. The highest BCUT2D eigenvalue weighted by Crippen LogP contribution is 2.14. The van der Waals surface area contributed by atoms with Gasteiger partial charge in [0.05, 0.1) is 6.04 Å². The van der Waals surface area contributed by atoms with Gasteiger partial charge in [-0.15, -0.1) is 0 Å². The number of carbonyl (C=O) groups is 1. The lowest BCUT2D eigenvalue weighted by atomic mass is 9.98. The van der Waals surface area contributed by atoms with Crippen LogP contribution in [0.1, 0.15) is 22.7 Å². The summed E-state index contributed by atoms with van der Waals surface area (Å²) in [6.45, 7) is 2.03. The molecule has 2 N–H and O–H groups in total. The van der Waals surface area contributed by atoms with Gasteiger partial charge in [-0.05, 0) is 18.1 Å². The Morgan fingerprint density at radius 3 is 2.28 bits per heavy atom. The van der Waals surface area contributed by atoms with Crippen molar-refractivity contribution in [3.05, 3.63) is 71.3 Å². The van der Waals surface area contributed by atoms with Gasteiger partial charge in [0.2, 0.25) is 0 Å². The normalized spacial score (nSPS) is 12.1. The number of hydrogen-bond acceptors (Lipinski definition) is 2.